The number of ether oxygens (including phenoxy) is 1. The number of hydrogen-bond donors (Lipinski definition) is 4. The van der Waals surface area contributed by atoms with Crippen molar-refractivity contribution < 1.29 is 24.4 Å². The first-order valence-corrected chi connectivity index (χ1v) is 5.57. The molecule has 2 unspecified atom stereocenters. The lowest BCUT2D eigenvalue weighted by Crippen LogP contribution is -2.56. The van der Waals surface area contributed by atoms with E-state index in [1.165, 1.54) is 12.3 Å². The maximum Gasteiger partial charge on any atom is 0.351 e. The molecular formula is C10H14FN3O5. The Morgan fingerprint density at radius 1 is 1.47 bits per heavy atom. The normalized spacial score (nSPS) is 35.3. The Morgan fingerprint density at radius 3 is 2.74 bits per heavy atom. The zero-order valence-corrected chi connectivity index (χ0v) is 9.76. The van der Waals surface area contributed by atoms with Gasteiger partial charge in [-0.05, 0) is 6.07 Å². The summed E-state index contributed by atoms with van der Waals surface area (Å²) in [6, 6.07) is 1.28. The molecule has 0 saturated carbocycles. The third-order valence-corrected chi connectivity index (χ3v) is 2.95. The number of aliphatic hydroxyl groups is 3. The van der Waals surface area contributed by atoms with Crippen LogP contribution in [0.15, 0.2) is 17.1 Å². The van der Waals surface area contributed by atoms with Crippen molar-refractivity contribution >= 4 is 5.82 Å². The maximum absolute atomic E-state index is 13.7. The monoisotopic (exact) mass is 275 g/mol. The number of halogens is 1. The highest BCUT2D eigenvalue weighted by molar-refractivity contribution is 5.23. The molecule has 5 atom stereocenters. The lowest BCUT2D eigenvalue weighted by Gasteiger charge is -2.39. The molecule has 1 aromatic heterocycles. The summed E-state index contributed by atoms with van der Waals surface area (Å²) in [7, 11) is 0. The topological polar surface area (TPSA) is 131 Å². The molecule has 1 fully saturated rings. The molecule has 0 bridgehead atoms. The number of anilines is 1. The largest absolute Gasteiger partial charge is 0.394 e. The number of hydrogen-bond acceptors (Lipinski definition) is 7. The standard InChI is InChI=1S/C10H14FN3O5/c11-6-7(16)4(3-15)19-9(8(6)17)14-2-1-5(12)13-10(14)18/h1-2,4,6-9,15-17H,3H2,(H2,12,13,18)/t4-,6+,7?,8?,9-/m1/s1. The van der Waals surface area contributed by atoms with Gasteiger partial charge in [0.1, 0.15) is 24.1 Å². The Bertz CT molecular complexity index is 508. The van der Waals surface area contributed by atoms with Gasteiger partial charge in [-0.1, -0.05) is 0 Å². The zero-order valence-electron chi connectivity index (χ0n) is 9.76. The van der Waals surface area contributed by atoms with Gasteiger partial charge in [0, 0.05) is 6.20 Å². The molecule has 5 N–H and O–H groups in total. The average Bonchev–Trinajstić information content (AvgIpc) is 2.38. The van der Waals surface area contributed by atoms with E-state index in [-0.39, 0.29) is 5.82 Å². The summed E-state index contributed by atoms with van der Waals surface area (Å²) in [5.41, 5.74) is 4.48. The highest BCUT2D eigenvalue weighted by Crippen LogP contribution is 2.29. The first-order chi connectivity index (χ1) is 8.95. The molecule has 9 heteroatoms. The predicted octanol–water partition coefficient (Wildman–Crippen LogP) is -2.22. The van der Waals surface area contributed by atoms with Crippen LogP contribution >= 0.6 is 0 Å². The van der Waals surface area contributed by atoms with Crippen molar-refractivity contribution in [2.45, 2.75) is 30.7 Å². The van der Waals surface area contributed by atoms with E-state index in [1.54, 1.807) is 0 Å². The van der Waals surface area contributed by atoms with E-state index in [1.807, 2.05) is 0 Å². The number of nitrogens with zero attached hydrogens (tertiary/aromatic N) is 2. The minimum absolute atomic E-state index is 0.0258. The van der Waals surface area contributed by atoms with Gasteiger partial charge in [0.2, 0.25) is 0 Å². The summed E-state index contributed by atoms with van der Waals surface area (Å²) in [6.07, 6.45) is -6.93. The molecule has 2 heterocycles. The number of nitrogens with two attached hydrogens (primary N) is 1. The molecule has 1 saturated heterocycles. The van der Waals surface area contributed by atoms with Gasteiger partial charge in [-0.25, -0.2) is 9.18 Å². The Morgan fingerprint density at radius 2 is 2.16 bits per heavy atom. The number of alkyl halides is 1. The highest BCUT2D eigenvalue weighted by atomic mass is 19.1. The molecule has 1 aromatic rings. The smallest absolute Gasteiger partial charge is 0.351 e. The van der Waals surface area contributed by atoms with Crippen LogP contribution in [0.25, 0.3) is 0 Å². The van der Waals surface area contributed by atoms with Crippen LogP contribution in [0.2, 0.25) is 0 Å². The van der Waals surface area contributed by atoms with Crippen LogP contribution in [-0.4, -0.2) is 56.0 Å². The minimum atomic E-state index is -2.06. The molecule has 1 aliphatic rings. The first-order valence-electron chi connectivity index (χ1n) is 5.57. The van der Waals surface area contributed by atoms with E-state index in [9.17, 15) is 19.4 Å². The second kappa shape index (κ2) is 5.21. The molecule has 0 spiro atoms. The van der Waals surface area contributed by atoms with Crippen LogP contribution in [0.5, 0.6) is 0 Å². The van der Waals surface area contributed by atoms with Crippen molar-refractivity contribution in [2.75, 3.05) is 12.3 Å². The van der Waals surface area contributed by atoms with Crippen molar-refractivity contribution in [3.8, 4) is 0 Å². The molecule has 0 aliphatic carbocycles. The molecule has 106 valence electrons. The van der Waals surface area contributed by atoms with E-state index >= 15 is 0 Å². The fourth-order valence-electron chi connectivity index (χ4n) is 1.91. The van der Waals surface area contributed by atoms with Gasteiger partial charge in [-0.3, -0.25) is 4.57 Å². The average molecular weight is 275 g/mol. The third-order valence-electron chi connectivity index (χ3n) is 2.95. The van der Waals surface area contributed by atoms with Crippen LogP contribution in [0.1, 0.15) is 6.23 Å². The Hall–Kier alpha value is -1.55. The maximum atomic E-state index is 13.7. The Kier molecular flexibility index (Phi) is 3.80. The quantitative estimate of drug-likeness (QED) is 0.480. The minimum Gasteiger partial charge on any atom is -0.394 e. The summed E-state index contributed by atoms with van der Waals surface area (Å²) in [4.78, 5) is 15.0. The summed E-state index contributed by atoms with van der Waals surface area (Å²) in [5.74, 6) is -0.0258. The van der Waals surface area contributed by atoms with Crippen molar-refractivity contribution in [1.82, 2.24) is 9.55 Å². The van der Waals surface area contributed by atoms with Gasteiger partial charge in [0.15, 0.2) is 12.4 Å². The molecule has 0 amide bonds. The van der Waals surface area contributed by atoms with Crippen molar-refractivity contribution in [3.63, 3.8) is 0 Å². The van der Waals surface area contributed by atoms with Crippen LogP contribution in [0.4, 0.5) is 10.2 Å². The summed E-state index contributed by atoms with van der Waals surface area (Å²) in [6.45, 7) is -0.651. The number of rotatable bonds is 2. The lowest BCUT2D eigenvalue weighted by molar-refractivity contribution is -0.237. The molecule has 1 aliphatic heterocycles. The molecule has 2 rings (SSSR count). The number of aromatic nitrogens is 2. The number of aliphatic hydroxyl groups excluding tert-OH is 3. The summed E-state index contributed by atoms with van der Waals surface area (Å²) in [5, 5.41) is 28.1. The molecule has 19 heavy (non-hydrogen) atoms. The zero-order chi connectivity index (χ0) is 14.2. The van der Waals surface area contributed by atoms with Crippen molar-refractivity contribution in [1.29, 1.82) is 0 Å². The first kappa shape index (κ1) is 13.9. The fraction of sp³-hybridized carbons (Fsp3) is 0.600. The summed E-state index contributed by atoms with van der Waals surface area (Å²) >= 11 is 0. The Balaban J connectivity index is 2.35. The second-order valence-corrected chi connectivity index (χ2v) is 4.22. The van der Waals surface area contributed by atoms with Crippen LogP contribution < -0.4 is 11.4 Å². The molecular weight excluding hydrogens is 261 g/mol. The van der Waals surface area contributed by atoms with E-state index in [4.69, 9.17) is 15.6 Å². The van der Waals surface area contributed by atoms with Gasteiger partial charge in [0.25, 0.3) is 0 Å². The molecule has 0 aromatic carbocycles. The van der Waals surface area contributed by atoms with E-state index in [0.717, 1.165) is 4.57 Å². The molecule has 0 radical (unpaired) electrons. The van der Waals surface area contributed by atoms with Crippen LogP contribution in [0, 0.1) is 0 Å². The SMILES string of the molecule is Nc1ccn([C@@H]2O[C@H](CO)C(O)[C@H](F)C2O)c(=O)n1. The fourth-order valence-corrected chi connectivity index (χ4v) is 1.91. The van der Waals surface area contributed by atoms with Gasteiger partial charge in [-0.15, -0.1) is 0 Å². The lowest BCUT2D eigenvalue weighted by atomic mass is 9.99. The van der Waals surface area contributed by atoms with Crippen molar-refractivity contribution in [2.24, 2.45) is 0 Å². The van der Waals surface area contributed by atoms with E-state index in [2.05, 4.69) is 4.98 Å². The second-order valence-electron chi connectivity index (χ2n) is 4.22. The van der Waals surface area contributed by atoms with E-state index < -0.39 is 43.0 Å². The van der Waals surface area contributed by atoms with E-state index in [0.29, 0.717) is 0 Å². The highest BCUT2D eigenvalue weighted by Gasteiger charge is 2.45. The van der Waals surface area contributed by atoms with Crippen molar-refractivity contribution in [3.05, 3.63) is 22.7 Å². The molecule has 8 nitrogen and oxygen atoms in total. The Labute approximate surface area is 106 Å². The van der Waals surface area contributed by atoms with Gasteiger partial charge >= 0.3 is 5.69 Å². The summed E-state index contributed by atoms with van der Waals surface area (Å²) < 4.78 is 19.7. The predicted molar refractivity (Wildman–Crippen MR) is 60.8 cm³/mol. The third kappa shape index (κ3) is 2.45. The van der Waals surface area contributed by atoms with Crippen LogP contribution in [0.3, 0.4) is 0 Å². The van der Waals surface area contributed by atoms with Crippen LogP contribution in [-0.2, 0) is 4.74 Å². The van der Waals surface area contributed by atoms with Gasteiger partial charge in [-0.2, -0.15) is 4.98 Å². The van der Waals surface area contributed by atoms with Gasteiger partial charge < -0.3 is 25.8 Å². The van der Waals surface area contributed by atoms with Gasteiger partial charge in [0.05, 0.1) is 6.61 Å². The number of nitrogen functional groups attached to an aromatic ring is 1.